The molecule has 0 aliphatic heterocycles. The van der Waals surface area contributed by atoms with Gasteiger partial charge in [0.25, 0.3) is 0 Å². The Labute approximate surface area is 129 Å². The van der Waals surface area contributed by atoms with Gasteiger partial charge in [-0.3, -0.25) is 4.79 Å². The second-order valence-electron chi connectivity index (χ2n) is 5.74. The molecule has 0 saturated heterocycles. The molecular weight excluding hydrogens is 272 g/mol. The molecule has 108 valence electrons. The lowest BCUT2D eigenvalue weighted by molar-refractivity contribution is 0.0935. The predicted molar refractivity (Wildman–Crippen MR) is 84.9 cm³/mol. The SMILES string of the molecule is O=C(c1ccco1)C1[C@@H](c2ccccc2)[C@@H]1c1ccccc1. The fourth-order valence-corrected chi connectivity index (χ4v) is 3.40. The number of benzene rings is 2. The molecule has 1 aliphatic rings. The molecule has 2 heteroatoms. The first kappa shape index (κ1) is 13.1. The number of rotatable bonds is 4. The number of hydrogen-bond acceptors (Lipinski definition) is 2. The van der Waals surface area contributed by atoms with Crippen LogP contribution < -0.4 is 0 Å². The minimum atomic E-state index is -0.0315. The fourth-order valence-electron chi connectivity index (χ4n) is 3.40. The summed E-state index contributed by atoms with van der Waals surface area (Å²) >= 11 is 0. The zero-order chi connectivity index (χ0) is 14.9. The summed E-state index contributed by atoms with van der Waals surface area (Å²) in [5, 5.41) is 0. The van der Waals surface area contributed by atoms with E-state index in [2.05, 4.69) is 24.3 Å². The molecule has 1 fully saturated rings. The molecule has 0 N–H and O–H groups in total. The van der Waals surface area contributed by atoms with E-state index in [1.54, 1.807) is 18.4 Å². The van der Waals surface area contributed by atoms with Gasteiger partial charge >= 0.3 is 0 Å². The van der Waals surface area contributed by atoms with Crippen molar-refractivity contribution < 1.29 is 9.21 Å². The van der Waals surface area contributed by atoms with Crippen molar-refractivity contribution in [1.29, 1.82) is 0 Å². The second kappa shape index (κ2) is 5.30. The van der Waals surface area contributed by atoms with Crippen LogP contribution in [-0.2, 0) is 0 Å². The van der Waals surface area contributed by atoms with Gasteiger partial charge in [0.2, 0.25) is 5.78 Å². The van der Waals surface area contributed by atoms with Gasteiger partial charge in [-0.25, -0.2) is 0 Å². The zero-order valence-electron chi connectivity index (χ0n) is 12.1. The summed E-state index contributed by atoms with van der Waals surface area (Å²) in [4.78, 5) is 12.7. The molecule has 3 aromatic rings. The lowest BCUT2D eigenvalue weighted by atomic mass is 10.0. The number of carbonyl (C=O) groups is 1. The highest BCUT2D eigenvalue weighted by molar-refractivity contribution is 5.99. The first-order chi connectivity index (χ1) is 10.9. The van der Waals surface area contributed by atoms with Crippen LogP contribution in [0.2, 0.25) is 0 Å². The zero-order valence-corrected chi connectivity index (χ0v) is 12.1. The highest BCUT2D eigenvalue weighted by Gasteiger charge is 2.56. The van der Waals surface area contributed by atoms with Crippen molar-refractivity contribution in [3.8, 4) is 0 Å². The van der Waals surface area contributed by atoms with Crippen LogP contribution in [0.15, 0.2) is 83.5 Å². The van der Waals surface area contributed by atoms with E-state index in [1.165, 1.54) is 11.1 Å². The molecule has 4 rings (SSSR count). The lowest BCUT2D eigenvalue weighted by Gasteiger charge is -1.99. The number of furan rings is 1. The molecule has 1 aromatic heterocycles. The van der Waals surface area contributed by atoms with Gasteiger partial charge in [-0.05, 0) is 23.3 Å². The van der Waals surface area contributed by atoms with Crippen molar-refractivity contribution >= 4 is 5.78 Å². The van der Waals surface area contributed by atoms with Crippen LogP contribution in [0.1, 0.15) is 33.5 Å². The fraction of sp³-hybridized carbons (Fsp3) is 0.150. The molecule has 1 heterocycles. The number of hydrogen-bond donors (Lipinski definition) is 0. The summed E-state index contributed by atoms with van der Waals surface area (Å²) in [6.45, 7) is 0. The normalized spacial score (nSPS) is 23.2. The van der Waals surface area contributed by atoms with Crippen LogP contribution in [0.4, 0.5) is 0 Å². The third-order valence-electron chi connectivity index (χ3n) is 4.46. The third kappa shape index (κ3) is 2.17. The molecule has 2 aromatic carbocycles. The molecule has 0 amide bonds. The van der Waals surface area contributed by atoms with Crippen molar-refractivity contribution in [1.82, 2.24) is 0 Å². The molecule has 2 nitrogen and oxygen atoms in total. The van der Waals surface area contributed by atoms with Gasteiger partial charge in [-0.2, -0.15) is 0 Å². The minimum absolute atomic E-state index is 0.0315. The van der Waals surface area contributed by atoms with Gasteiger partial charge in [-0.1, -0.05) is 60.7 Å². The van der Waals surface area contributed by atoms with Crippen molar-refractivity contribution in [3.05, 3.63) is 95.9 Å². The van der Waals surface area contributed by atoms with Gasteiger partial charge in [-0.15, -0.1) is 0 Å². The van der Waals surface area contributed by atoms with Crippen molar-refractivity contribution in [2.24, 2.45) is 5.92 Å². The van der Waals surface area contributed by atoms with Crippen LogP contribution in [-0.4, -0.2) is 5.78 Å². The summed E-state index contributed by atoms with van der Waals surface area (Å²) in [5.41, 5.74) is 2.45. The Kier molecular flexibility index (Phi) is 3.15. The lowest BCUT2D eigenvalue weighted by Crippen LogP contribution is -2.02. The minimum Gasteiger partial charge on any atom is -0.461 e. The average Bonchev–Trinajstić information content (AvgIpc) is 3.09. The summed E-state index contributed by atoms with van der Waals surface area (Å²) in [6, 6.07) is 24.1. The molecule has 22 heavy (non-hydrogen) atoms. The molecule has 1 saturated carbocycles. The van der Waals surface area contributed by atoms with E-state index in [9.17, 15) is 4.79 Å². The quantitative estimate of drug-likeness (QED) is 0.654. The van der Waals surface area contributed by atoms with E-state index in [4.69, 9.17) is 4.42 Å². The van der Waals surface area contributed by atoms with Crippen LogP contribution in [0, 0.1) is 5.92 Å². The molecule has 0 radical (unpaired) electrons. The summed E-state index contributed by atoms with van der Waals surface area (Å²) in [5.74, 6) is 1.01. The highest BCUT2D eigenvalue weighted by atomic mass is 16.3. The van der Waals surface area contributed by atoms with Gasteiger partial charge in [0, 0.05) is 17.8 Å². The Bertz CT molecular complexity index is 714. The molecule has 0 spiro atoms. The average molecular weight is 288 g/mol. The Morgan fingerprint density at radius 2 is 1.27 bits per heavy atom. The molecule has 0 bridgehead atoms. The van der Waals surface area contributed by atoms with Gasteiger partial charge in [0.05, 0.1) is 6.26 Å². The summed E-state index contributed by atoms with van der Waals surface area (Å²) in [7, 11) is 0. The van der Waals surface area contributed by atoms with Crippen molar-refractivity contribution in [2.75, 3.05) is 0 Å². The largest absolute Gasteiger partial charge is 0.461 e. The predicted octanol–water partition coefficient (Wildman–Crippen LogP) is 4.66. The Balaban J connectivity index is 1.70. The molecular formula is C20H16O2. The van der Waals surface area contributed by atoms with Crippen LogP contribution >= 0.6 is 0 Å². The summed E-state index contributed by atoms with van der Waals surface area (Å²) in [6.07, 6.45) is 1.56. The molecule has 1 aliphatic carbocycles. The maximum Gasteiger partial charge on any atom is 0.202 e. The van der Waals surface area contributed by atoms with E-state index in [-0.39, 0.29) is 23.5 Å². The Morgan fingerprint density at radius 3 is 1.73 bits per heavy atom. The Hall–Kier alpha value is -2.61. The van der Waals surface area contributed by atoms with E-state index < -0.39 is 0 Å². The molecule has 2 atom stereocenters. The number of ketones is 1. The van der Waals surface area contributed by atoms with Gasteiger partial charge < -0.3 is 4.42 Å². The van der Waals surface area contributed by atoms with E-state index in [0.717, 1.165) is 0 Å². The van der Waals surface area contributed by atoms with Crippen molar-refractivity contribution in [3.63, 3.8) is 0 Å². The first-order valence-electron chi connectivity index (χ1n) is 7.54. The maximum absolute atomic E-state index is 12.7. The summed E-state index contributed by atoms with van der Waals surface area (Å²) < 4.78 is 5.32. The van der Waals surface area contributed by atoms with E-state index in [0.29, 0.717) is 5.76 Å². The standard InChI is InChI=1S/C20H16O2/c21-20(16-12-7-13-22-16)19-17(14-8-3-1-4-9-14)18(19)15-10-5-2-6-11-15/h1-13,17-19H/t17-,18-/m0/s1. The van der Waals surface area contributed by atoms with Gasteiger partial charge in [0.15, 0.2) is 5.76 Å². The van der Waals surface area contributed by atoms with Crippen LogP contribution in [0.5, 0.6) is 0 Å². The van der Waals surface area contributed by atoms with Gasteiger partial charge in [0.1, 0.15) is 0 Å². The van der Waals surface area contributed by atoms with E-state index in [1.807, 2.05) is 36.4 Å². The van der Waals surface area contributed by atoms with Crippen LogP contribution in [0.25, 0.3) is 0 Å². The monoisotopic (exact) mass is 288 g/mol. The van der Waals surface area contributed by atoms with Crippen LogP contribution in [0.3, 0.4) is 0 Å². The number of carbonyl (C=O) groups excluding carboxylic acids is 1. The maximum atomic E-state index is 12.7. The Morgan fingerprint density at radius 1 is 0.727 bits per heavy atom. The second-order valence-corrected chi connectivity index (χ2v) is 5.74. The van der Waals surface area contributed by atoms with Crippen molar-refractivity contribution in [2.45, 2.75) is 11.8 Å². The smallest absolute Gasteiger partial charge is 0.202 e. The topological polar surface area (TPSA) is 30.2 Å². The third-order valence-corrected chi connectivity index (χ3v) is 4.46. The first-order valence-corrected chi connectivity index (χ1v) is 7.54. The highest BCUT2D eigenvalue weighted by Crippen LogP contribution is 2.61. The van der Waals surface area contributed by atoms with E-state index >= 15 is 0 Å². The number of Topliss-reactive ketones (excluding diaryl/α,β-unsaturated/α-hetero) is 1. The molecule has 0 unspecified atom stereocenters.